The summed E-state index contributed by atoms with van der Waals surface area (Å²) in [5.41, 5.74) is 0. The Balaban J connectivity index is 2.42. The lowest BCUT2D eigenvalue weighted by Crippen LogP contribution is -2.21. The highest BCUT2D eigenvalue weighted by Gasteiger charge is 2.16. The largest absolute Gasteiger partial charge is 0.462 e. The summed E-state index contributed by atoms with van der Waals surface area (Å²) in [5, 5.41) is 0. The molecule has 2 heteroatoms. The van der Waals surface area contributed by atoms with E-state index in [2.05, 4.69) is 12.2 Å². The van der Waals surface area contributed by atoms with Crippen molar-refractivity contribution in [3.8, 4) is 0 Å². The molecule has 1 unspecified atom stereocenters. The highest BCUT2D eigenvalue weighted by atomic mass is 16.5. The highest BCUT2D eigenvalue weighted by molar-refractivity contribution is 5.66. The van der Waals surface area contributed by atoms with Gasteiger partial charge in [0.2, 0.25) is 0 Å². The number of rotatable bonds is 2. The maximum absolute atomic E-state index is 10.6. The average molecular weight is 166 g/mol. The SMILES string of the molecule is CC(=O)O[C@H](C)C1C=CC=CC1. The summed E-state index contributed by atoms with van der Waals surface area (Å²) in [4.78, 5) is 10.6. The van der Waals surface area contributed by atoms with Gasteiger partial charge < -0.3 is 4.74 Å². The third kappa shape index (κ3) is 2.53. The van der Waals surface area contributed by atoms with Crippen molar-refractivity contribution >= 4 is 5.97 Å². The van der Waals surface area contributed by atoms with E-state index in [0.717, 1.165) is 6.42 Å². The minimum atomic E-state index is -0.203. The van der Waals surface area contributed by atoms with Crippen LogP contribution < -0.4 is 0 Å². The van der Waals surface area contributed by atoms with E-state index in [9.17, 15) is 4.79 Å². The molecule has 0 aromatic carbocycles. The van der Waals surface area contributed by atoms with Crippen LogP contribution in [0.2, 0.25) is 0 Å². The lowest BCUT2D eigenvalue weighted by Gasteiger charge is -2.20. The molecule has 0 amide bonds. The second-order valence-corrected chi connectivity index (χ2v) is 3.03. The summed E-state index contributed by atoms with van der Waals surface area (Å²) in [6.07, 6.45) is 9.12. The third-order valence-corrected chi connectivity index (χ3v) is 1.97. The molecule has 1 aliphatic rings. The Bertz CT molecular complexity index is 216. The molecule has 1 rings (SSSR count). The van der Waals surface area contributed by atoms with Gasteiger partial charge in [-0.3, -0.25) is 4.79 Å². The summed E-state index contributed by atoms with van der Waals surface area (Å²) >= 11 is 0. The predicted octanol–water partition coefficient (Wildman–Crippen LogP) is 2.07. The maximum atomic E-state index is 10.6. The van der Waals surface area contributed by atoms with Crippen molar-refractivity contribution < 1.29 is 9.53 Å². The quantitative estimate of drug-likeness (QED) is 0.587. The van der Waals surface area contributed by atoms with Gasteiger partial charge in [0.1, 0.15) is 6.10 Å². The molecule has 0 spiro atoms. The van der Waals surface area contributed by atoms with Gasteiger partial charge in [0.05, 0.1) is 0 Å². The monoisotopic (exact) mass is 166 g/mol. The van der Waals surface area contributed by atoms with Crippen molar-refractivity contribution in [2.45, 2.75) is 26.4 Å². The van der Waals surface area contributed by atoms with E-state index in [4.69, 9.17) is 4.74 Å². The maximum Gasteiger partial charge on any atom is 0.302 e. The van der Waals surface area contributed by atoms with Crippen molar-refractivity contribution in [2.75, 3.05) is 0 Å². The van der Waals surface area contributed by atoms with E-state index in [1.807, 2.05) is 19.1 Å². The van der Waals surface area contributed by atoms with Crippen molar-refractivity contribution in [1.29, 1.82) is 0 Å². The number of carbonyl (C=O) groups excluding carboxylic acids is 1. The van der Waals surface area contributed by atoms with Crippen LogP contribution in [0.5, 0.6) is 0 Å². The molecule has 0 saturated heterocycles. The van der Waals surface area contributed by atoms with Crippen LogP contribution in [0.25, 0.3) is 0 Å². The van der Waals surface area contributed by atoms with Crippen LogP contribution >= 0.6 is 0 Å². The van der Waals surface area contributed by atoms with E-state index in [0.29, 0.717) is 5.92 Å². The number of hydrogen-bond donors (Lipinski definition) is 0. The molecule has 0 aromatic heterocycles. The van der Waals surface area contributed by atoms with E-state index in [1.165, 1.54) is 6.92 Å². The summed E-state index contributed by atoms with van der Waals surface area (Å²) in [6.45, 7) is 3.37. The topological polar surface area (TPSA) is 26.3 Å². The number of esters is 1. The smallest absolute Gasteiger partial charge is 0.302 e. The molecule has 0 aliphatic heterocycles. The van der Waals surface area contributed by atoms with Crippen molar-refractivity contribution in [2.24, 2.45) is 5.92 Å². The van der Waals surface area contributed by atoms with Gasteiger partial charge in [0, 0.05) is 12.8 Å². The molecule has 0 saturated carbocycles. The predicted molar refractivity (Wildman–Crippen MR) is 47.6 cm³/mol. The third-order valence-electron chi connectivity index (χ3n) is 1.97. The Morgan fingerprint density at radius 3 is 2.83 bits per heavy atom. The molecule has 0 heterocycles. The van der Waals surface area contributed by atoms with E-state index >= 15 is 0 Å². The Hall–Kier alpha value is -1.05. The van der Waals surface area contributed by atoms with Gasteiger partial charge in [-0.05, 0) is 13.3 Å². The molecule has 0 N–H and O–H groups in total. The van der Waals surface area contributed by atoms with Crippen LogP contribution in [0.1, 0.15) is 20.3 Å². The molecule has 66 valence electrons. The van der Waals surface area contributed by atoms with Gasteiger partial charge in [0.25, 0.3) is 0 Å². The minimum Gasteiger partial charge on any atom is -0.462 e. The summed E-state index contributed by atoms with van der Waals surface area (Å²) < 4.78 is 5.07. The Kier molecular flexibility index (Phi) is 3.09. The summed E-state index contributed by atoms with van der Waals surface area (Å²) in [7, 11) is 0. The number of allylic oxidation sites excluding steroid dienone is 3. The second-order valence-electron chi connectivity index (χ2n) is 3.03. The molecule has 1 aliphatic carbocycles. The lowest BCUT2D eigenvalue weighted by atomic mass is 9.96. The Labute approximate surface area is 72.9 Å². The van der Waals surface area contributed by atoms with Gasteiger partial charge in [-0.25, -0.2) is 0 Å². The summed E-state index contributed by atoms with van der Waals surface area (Å²) in [6, 6.07) is 0. The van der Waals surface area contributed by atoms with E-state index in [-0.39, 0.29) is 12.1 Å². The fraction of sp³-hybridized carbons (Fsp3) is 0.500. The zero-order valence-corrected chi connectivity index (χ0v) is 7.49. The number of ether oxygens (including phenoxy) is 1. The van der Waals surface area contributed by atoms with Crippen molar-refractivity contribution in [3.05, 3.63) is 24.3 Å². The normalized spacial score (nSPS) is 23.7. The molecular weight excluding hydrogens is 152 g/mol. The van der Waals surface area contributed by atoms with Crippen LogP contribution in [-0.4, -0.2) is 12.1 Å². The first-order valence-electron chi connectivity index (χ1n) is 4.20. The second kappa shape index (κ2) is 4.10. The Morgan fingerprint density at radius 2 is 2.33 bits per heavy atom. The Morgan fingerprint density at radius 1 is 1.58 bits per heavy atom. The van der Waals surface area contributed by atoms with E-state index in [1.54, 1.807) is 0 Å². The van der Waals surface area contributed by atoms with Crippen LogP contribution in [0.4, 0.5) is 0 Å². The average Bonchev–Trinajstić information content (AvgIpc) is 2.05. The minimum absolute atomic E-state index is 0.0105. The van der Waals surface area contributed by atoms with Crippen LogP contribution in [0.15, 0.2) is 24.3 Å². The first-order valence-corrected chi connectivity index (χ1v) is 4.20. The fourth-order valence-electron chi connectivity index (χ4n) is 1.30. The van der Waals surface area contributed by atoms with Gasteiger partial charge in [0.15, 0.2) is 0 Å². The highest BCUT2D eigenvalue weighted by Crippen LogP contribution is 2.17. The molecule has 0 aromatic rings. The molecule has 2 nitrogen and oxygen atoms in total. The van der Waals surface area contributed by atoms with Gasteiger partial charge in [-0.15, -0.1) is 0 Å². The molecular formula is C10H14O2. The standard InChI is InChI=1S/C10H14O2/c1-8(12-9(2)11)10-6-4-3-5-7-10/h3-6,8,10H,7H2,1-2H3/t8-,10?/m1/s1. The molecule has 0 fully saturated rings. The zero-order chi connectivity index (χ0) is 8.97. The van der Waals surface area contributed by atoms with Crippen molar-refractivity contribution in [1.82, 2.24) is 0 Å². The van der Waals surface area contributed by atoms with Gasteiger partial charge in [-0.2, -0.15) is 0 Å². The number of carbonyl (C=O) groups is 1. The first kappa shape index (κ1) is 9.04. The van der Waals surface area contributed by atoms with Gasteiger partial charge >= 0.3 is 5.97 Å². The zero-order valence-electron chi connectivity index (χ0n) is 7.49. The lowest BCUT2D eigenvalue weighted by molar-refractivity contribution is -0.147. The molecule has 0 radical (unpaired) electrons. The van der Waals surface area contributed by atoms with Gasteiger partial charge in [-0.1, -0.05) is 24.3 Å². The molecule has 12 heavy (non-hydrogen) atoms. The van der Waals surface area contributed by atoms with Crippen LogP contribution in [0, 0.1) is 5.92 Å². The number of hydrogen-bond acceptors (Lipinski definition) is 2. The molecule has 0 bridgehead atoms. The summed E-state index contributed by atoms with van der Waals surface area (Å²) in [5.74, 6) is 0.143. The van der Waals surface area contributed by atoms with E-state index < -0.39 is 0 Å². The fourth-order valence-corrected chi connectivity index (χ4v) is 1.30. The van der Waals surface area contributed by atoms with Crippen molar-refractivity contribution in [3.63, 3.8) is 0 Å². The molecule has 2 atom stereocenters. The first-order chi connectivity index (χ1) is 5.70. The van der Waals surface area contributed by atoms with Crippen LogP contribution in [-0.2, 0) is 9.53 Å². The van der Waals surface area contributed by atoms with Crippen LogP contribution in [0.3, 0.4) is 0 Å².